The first kappa shape index (κ1) is 16.8. The van der Waals surface area contributed by atoms with Crippen molar-refractivity contribution in [3.8, 4) is 0 Å². The van der Waals surface area contributed by atoms with Crippen LogP contribution >= 0.6 is 0 Å². The van der Waals surface area contributed by atoms with Gasteiger partial charge in [0.2, 0.25) is 11.3 Å². The minimum atomic E-state index is -4.58. The average molecular weight is 434 g/mol. The molecule has 1 spiro atoms. The van der Waals surface area contributed by atoms with E-state index in [-0.39, 0.29) is 11.7 Å². The molecular formula is C21H13F3N8+2. The first-order chi connectivity index (χ1) is 15.2. The molecule has 32 heavy (non-hydrogen) atoms. The van der Waals surface area contributed by atoms with Gasteiger partial charge < -0.3 is 0 Å². The zero-order valence-electron chi connectivity index (χ0n) is 17.0. The van der Waals surface area contributed by atoms with Crippen molar-refractivity contribution >= 4 is 35.0 Å². The molecule has 11 heteroatoms. The highest BCUT2D eigenvalue weighted by Crippen LogP contribution is 2.48. The highest BCUT2D eigenvalue weighted by atomic mass is 19.4. The van der Waals surface area contributed by atoms with E-state index in [0.717, 1.165) is 22.8 Å². The molecule has 0 fully saturated rings. The molecule has 2 aromatic rings. The van der Waals surface area contributed by atoms with Crippen LogP contribution in [0.2, 0.25) is 0 Å². The number of aliphatic imine (C=N–C) groups is 2. The summed E-state index contributed by atoms with van der Waals surface area (Å²) >= 11 is 0. The number of hydrogen-bond acceptors (Lipinski definition) is 4. The monoisotopic (exact) mass is 434 g/mol. The SMILES string of the molecule is CC1=CC2=[N+]3C1=NC1=[N+]4C(=Nc5cc(C)c6n5C34n3c(cc(C)c3=N2)=N6)C(C(F)(F)F)=C1. The van der Waals surface area contributed by atoms with E-state index in [9.17, 15) is 13.2 Å². The van der Waals surface area contributed by atoms with Crippen LogP contribution in [0.1, 0.15) is 18.1 Å². The Morgan fingerprint density at radius 2 is 1.59 bits per heavy atom. The van der Waals surface area contributed by atoms with Crippen LogP contribution in [0.15, 0.2) is 55.4 Å². The van der Waals surface area contributed by atoms with Crippen LogP contribution in [0, 0.1) is 13.8 Å². The molecule has 6 aliphatic heterocycles. The fourth-order valence-corrected chi connectivity index (χ4v) is 5.59. The summed E-state index contributed by atoms with van der Waals surface area (Å²) in [6.45, 7) is 5.73. The Hall–Kier alpha value is -3.89. The fraction of sp³-hybridized carbons (Fsp3) is 0.238. The standard InChI is InChI=1S/C21H13F3N8/c1-8-4-12-26-17-10(3)6-14-28-19-11(20(22,23)24)7-15-27-18-9(2)5-13-25-16(8)29(12)21(30(13)18,31(14)17)32(15)19/h4-7H,1-3H3/q+2. The van der Waals surface area contributed by atoms with Gasteiger partial charge in [0.05, 0.1) is 0 Å². The quantitative estimate of drug-likeness (QED) is 0.567. The number of amidine groups is 4. The number of nitrogens with zero attached hydrogens (tertiary/aromatic N) is 8. The number of halogens is 3. The second-order valence-electron chi connectivity index (χ2n) is 8.65. The topological polar surface area (TPSA) is 65.3 Å². The second-order valence-corrected chi connectivity index (χ2v) is 8.65. The molecule has 0 N–H and O–H groups in total. The van der Waals surface area contributed by atoms with Gasteiger partial charge in [-0.15, -0.1) is 9.15 Å². The van der Waals surface area contributed by atoms with Crippen molar-refractivity contribution in [3.63, 3.8) is 0 Å². The van der Waals surface area contributed by atoms with E-state index in [2.05, 4.69) is 9.98 Å². The fourth-order valence-electron chi connectivity index (χ4n) is 5.59. The van der Waals surface area contributed by atoms with Crippen LogP contribution in [0.5, 0.6) is 0 Å². The van der Waals surface area contributed by atoms with Gasteiger partial charge in [0.1, 0.15) is 16.9 Å². The van der Waals surface area contributed by atoms with E-state index in [4.69, 9.17) is 9.98 Å². The number of aryl methyl sites for hydroxylation is 2. The lowest BCUT2D eigenvalue weighted by atomic mass is 10.2. The maximum absolute atomic E-state index is 14.1. The van der Waals surface area contributed by atoms with Gasteiger partial charge in [-0.05, 0) is 32.4 Å². The molecule has 6 aliphatic rings. The van der Waals surface area contributed by atoms with Crippen LogP contribution in [0.25, 0.3) is 0 Å². The predicted octanol–water partition coefficient (Wildman–Crippen LogP) is 1.66. The predicted molar refractivity (Wildman–Crippen MR) is 107 cm³/mol. The highest BCUT2D eigenvalue weighted by molar-refractivity contribution is 6.18. The lowest BCUT2D eigenvalue weighted by Crippen LogP contribution is -2.71. The van der Waals surface area contributed by atoms with Crippen LogP contribution in [-0.4, -0.2) is 47.8 Å². The molecule has 1 unspecified atom stereocenters. The maximum Gasteiger partial charge on any atom is 0.423 e. The van der Waals surface area contributed by atoms with Gasteiger partial charge in [0.15, 0.2) is 0 Å². The van der Waals surface area contributed by atoms with Gasteiger partial charge in [-0.2, -0.15) is 13.2 Å². The molecule has 0 bridgehead atoms. The van der Waals surface area contributed by atoms with Gasteiger partial charge in [0.25, 0.3) is 23.3 Å². The van der Waals surface area contributed by atoms with Crippen LogP contribution in [-0.2, 0) is 5.91 Å². The third kappa shape index (κ3) is 1.46. The summed E-state index contributed by atoms with van der Waals surface area (Å²) in [5.74, 6) is 1.06. The first-order valence-electron chi connectivity index (χ1n) is 10.1. The minimum Gasteiger partial charge on any atom is -0.212 e. The smallest absolute Gasteiger partial charge is 0.212 e. The third-order valence-corrected chi connectivity index (χ3v) is 6.76. The van der Waals surface area contributed by atoms with Gasteiger partial charge in [-0.25, -0.2) is 14.1 Å². The van der Waals surface area contributed by atoms with Crippen molar-refractivity contribution in [1.82, 2.24) is 9.13 Å². The van der Waals surface area contributed by atoms with Crippen molar-refractivity contribution in [2.24, 2.45) is 20.0 Å². The van der Waals surface area contributed by atoms with Crippen molar-refractivity contribution < 1.29 is 22.3 Å². The molecule has 8 rings (SSSR count). The minimum absolute atomic E-state index is 0.164. The van der Waals surface area contributed by atoms with E-state index in [1.54, 1.807) is 10.6 Å². The van der Waals surface area contributed by atoms with E-state index in [0.29, 0.717) is 34.3 Å². The molecular weight excluding hydrogens is 421 g/mol. The molecule has 0 saturated heterocycles. The molecule has 0 amide bonds. The van der Waals surface area contributed by atoms with Crippen molar-refractivity contribution in [2.75, 3.05) is 0 Å². The van der Waals surface area contributed by atoms with E-state index in [1.807, 2.05) is 46.6 Å². The van der Waals surface area contributed by atoms with E-state index < -0.39 is 17.7 Å². The lowest BCUT2D eigenvalue weighted by molar-refractivity contribution is -0.792. The normalized spacial score (nSPS) is 25.1. The van der Waals surface area contributed by atoms with Crippen LogP contribution in [0.4, 0.5) is 24.8 Å². The Bertz CT molecular complexity index is 1730. The zero-order valence-corrected chi connectivity index (χ0v) is 17.0. The number of alkyl halides is 3. The Morgan fingerprint density at radius 1 is 0.844 bits per heavy atom. The Balaban J connectivity index is 1.67. The summed E-state index contributed by atoms with van der Waals surface area (Å²) in [5, 5.41) is 0. The van der Waals surface area contributed by atoms with Crippen LogP contribution < -0.4 is 11.0 Å². The summed E-state index contributed by atoms with van der Waals surface area (Å²) in [4.78, 5) is 18.8. The molecule has 8 heterocycles. The third-order valence-electron chi connectivity index (χ3n) is 6.76. The number of hydrogen-bond donors (Lipinski definition) is 0. The first-order valence-corrected chi connectivity index (χ1v) is 10.1. The molecule has 8 nitrogen and oxygen atoms in total. The lowest BCUT2D eigenvalue weighted by Gasteiger charge is -2.41. The van der Waals surface area contributed by atoms with Crippen LogP contribution in [0.3, 0.4) is 0 Å². The Kier molecular flexibility index (Phi) is 2.36. The molecule has 0 saturated carbocycles. The molecule has 2 aromatic heterocycles. The Morgan fingerprint density at radius 3 is 2.38 bits per heavy atom. The molecule has 1 atom stereocenters. The summed E-state index contributed by atoms with van der Waals surface area (Å²) in [6.07, 6.45) is -1.56. The summed E-state index contributed by atoms with van der Waals surface area (Å²) in [7, 11) is 0. The summed E-state index contributed by atoms with van der Waals surface area (Å²) in [6, 6.07) is 3.71. The largest absolute Gasteiger partial charge is 0.423 e. The molecule has 0 radical (unpaired) electrons. The zero-order chi connectivity index (χ0) is 21.9. The van der Waals surface area contributed by atoms with E-state index in [1.165, 1.54) is 0 Å². The molecule has 156 valence electrons. The van der Waals surface area contributed by atoms with Crippen molar-refractivity contribution in [1.29, 1.82) is 0 Å². The van der Waals surface area contributed by atoms with E-state index >= 15 is 0 Å². The van der Waals surface area contributed by atoms with Gasteiger partial charge in [-0.1, -0.05) is 15.0 Å². The highest BCUT2D eigenvalue weighted by Gasteiger charge is 2.68. The maximum atomic E-state index is 14.1. The van der Waals surface area contributed by atoms with Gasteiger partial charge >= 0.3 is 12.1 Å². The number of rotatable bonds is 0. The Labute approximate surface area is 177 Å². The van der Waals surface area contributed by atoms with Crippen molar-refractivity contribution in [2.45, 2.75) is 32.9 Å². The van der Waals surface area contributed by atoms with Crippen molar-refractivity contribution in [3.05, 3.63) is 57.5 Å². The average Bonchev–Trinajstić information content (AvgIpc) is 3.42. The van der Waals surface area contributed by atoms with Gasteiger partial charge in [0, 0.05) is 29.4 Å². The number of aromatic nitrogens is 2. The molecule has 0 aliphatic carbocycles. The van der Waals surface area contributed by atoms with Gasteiger partial charge in [-0.3, -0.25) is 0 Å². The second kappa shape index (κ2) is 4.50. The molecule has 0 aromatic carbocycles. The summed E-state index contributed by atoms with van der Waals surface area (Å²) < 4.78 is 49.7. The summed E-state index contributed by atoms with van der Waals surface area (Å²) in [5.41, 5.74) is 3.05.